The molecule has 1 fully saturated rings. The van der Waals surface area contributed by atoms with Crippen LogP contribution in [-0.2, 0) is 30.4 Å². The summed E-state index contributed by atoms with van der Waals surface area (Å²) in [4.78, 5) is 71.0. The molecule has 16 nitrogen and oxygen atoms in total. The van der Waals surface area contributed by atoms with Gasteiger partial charge in [0.15, 0.2) is 5.96 Å². The number of carbonyl (C=O) groups excluding carboxylic acids is 5. The lowest BCUT2D eigenvalue weighted by molar-refractivity contribution is -0.136. The molecule has 3 unspecified atom stereocenters. The fraction of sp³-hybridized carbons (Fsp3) is 0.400. The zero-order valence-corrected chi connectivity index (χ0v) is 25.0. The van der Waals surface area contributed by atoms with E-state index in [9.17, 15) is 39.3 Å². The van der Waals surface area contributed by atoms with E-state index in [1.54, 1.807) is 49.4 Å². The summed E-state index contributed by atoms with van der Waals surface area (Å²) in [6.07, 6.45) is -1.74. The normalized spacial score (nSPS) is 26.0. The van der Waals surface area contributed by atoms with Gasteiger partial charge in [0.2, 0.25) is 29.5 Å². The molecule has 0 radical (unpaired) electrons. The number of hydrogen-bond acceptors (Lipinski definition) is 11. The number of hydrogen-bond donors (Lipinski definition) is 10. The zero-order valence-electron chi connectivity index (χ0n) is 25.0. The lowest BCUT2D eigenvalue weighted by atomic mass is 9.92. The van der Waals surface area contributed by atoms with Crippen LogP contribution in [-0.4, -0.2) is 107 Å². The summed E-state index contributed by atoms with van der Waals surface area (Å²) in [5.74, 6) is -4.94. The number of aliphatic hydroxyl groups excluding tert-OH is 2. The third-order valence-corrected chi connectivity index (χ3v) is 7.80. The molecule has 1 saturated heterocycles. The van der Waals surface area contributed by atoms with Gasteiger partial charge in [-0.1, -0.05) is 49.4 Å². The number of phenols is 1. The molecule has 246 valence electrons. The predicted octanol–water partition coefficient (Wildman–Crippen LogP) is -3.55. The molecule has 4 rings (SSSR count). The van der Waals surface area contributed by atoms with Gasteiger partial charge in [-0.2, -0.15) is 0 Å². The Labute approximate surface area is 264 Å². The summed E-state index contributed by atoms with van der Waals surface area (Å²) < 4.78 is 0. The van der Waals surface area contributed by atoms with Crippen molar-refractivity contribution in [3.05, 3.63) is 65.7 Å². The Balaban J connectivity index is 1.72. The Bertz CT molecular complexity index is 1450. The molecule has 0 aromatic heterocycles. The lowest BCUT2D eigenvalue weighted by Gasteiger charge is -2.31. The van der Waals surface area contributed by atoms with E-state index >= 15 is 0 Å². The Morgan fingerprint density at radius 1 is 0.826 bits per heavy atom. The number of phenolic OH excluding ortho intramolecular Hbond substituents is 1. The maximum atomic E-state index is 13.9. The highest BCUT2D eigenvalue weighted by atomic mass is 16.3. The molecule has 2 aliphatic heterocycles. The number of aromatic hydroxyl groups is 1. The van der Waals surface area contributed by atoms with Gasteiger partial charge in [0.05, 0.1) is 25.7 Å². The first-order valence-corrected chi connectivity index (χ1v) is 14.6. The minimum atomic E-state index is -1.71. The number of nitrogens with one attached hydrogen (secondary N) is 6. The summed E-state index contributed by atoms with van der Waals surface area (Å²) in [7, 11) is 0. The molecule has 16 heteroatoms. The van der Waals surface area contributed by atoms with E-state index in [-0.39, 0.29) is 24.7 Å². The van der Waals surface area contributed by atoms with Gasteiger partial charge in [0.1, 0.15) is 36.0 Å². The number of nitrogens with two attached hydrogens (primary N) is 1. The third kappa shape index (κ3) is 8.48. The van der Waals surface area contributed by atoms with Crippen molar-refractivity contribution in [2.75, 3.05) is 19.7 Å². The molecule has 0 bridgehead atoms. The fourth-order valence-corrected chi connectivity index (χ4v) is 5.14. The van der Waals surface area contributed by atoms with Crippen molar-refractivity contribution in [1.29, 1.82) is 0 Å². The third-order valence-electron chi connectivity index (χ3n) is 7.80. The minimum Gasteiger partial charge on any atom is -0.508 e. The highest BCUT2D eigenvalue weighted by Gasteiger charge is 2.40. The standard InChI is InChI=1S/C30H38N8O8/c1-15(17-5-3-2-4-6-17)23-28(45)34-19(11-16-7-9-18(40)10-8-16)27(44)38-24(25(42)20-12-33-30(31)36-20)29(46)35-21(14-39)26(43)32-13-22(41)37-23/h2-10,15,19-21,23-25,39-40,42H,11-14H2,1H3,(H,32,43)(H,34,45)(H,35,46)(H,37,41)(H,38,44)(H3,31,33,36)/t15?,19-,20?,21-,23-,24-,25?/m0/s1. The zero-order chi connectivity index (χ0) is 33.4. The molecule has 11 N–H and O–H groups in total. The summed E-state index contributed by atoms with van der Waals surface area (Å²) in [5, 5.41) is 45.9. The van der Waals surface area contributed by atoms with Crippen LogP contribution < -0.4 is 37.6 Å². The molecule has 5 amide bonds. The van der Waals surface area contributed by atoms with Gasteiger partial charge in [-0.15, -0.1) is 0 Å². The van der Waals surface area contributed by atoms with Gasteiger partial charge >= 0.3 is 0 Å². The lowest BCUT2D eigenvalue weighted by Crippen LogP contribution is -2.64. The molecule has 2 aliphatic rings. The number of amides is 5. The topological polar surface area (TPSA) is 257 Å². The van der Waals surface area contributed by atoms with Gasteiger partial charge in [-0.05, 0) is 23.3 Å². The van der Waals surface area contributed by atoms with Crippen LogP contribution in [0.3, 0.4) is 0 Å². The molecule has 2 aromatic carbocycles. The first-order chi connectivity index (χ1) is 22.0. The number of guanidine groups is 1. The molecule has 0 saturated carbocycles. The van der Waals surface area contributed by atoms with Gasteiger partial charge in [-0.25, -0.2) is 0 Å². The maximum Gasteiger partial charge on any atom is 0.246 e. The Hall–Kier alpha value is -5.22. The van der Waals surface area contributed by atoms with Crippen molar-refractivity contribution >= 4 is 35.5 Å². The quantitative estimate of drug-likeness (QED) is 0.143. The maximum absolute atomic E-state index is 13.9. The van der Waals surface area contributed by atoms with Crippen molar-refractivity contribution < 1.29 is 39.3 Å². The van der Waals surface area contributed by atoms with Gasteiger partial charge < -0.3 is 53.0 Å². The van der Waals surface area contributed by atoms with Crippen LogP contribution in [0.4, 0.5) is 0 Å². The molecule has 2 heterocycles. The summed E-state index contributed by atoms with van der Waals surface area (Å²) in [6, 6.07) is 8.01. The Kier molecular flexibility index (Phi) is 11.1. The van der Waals surface area contributed by atoms with Crippen LogP contribution in [0.5, 0.6) is 5.75 Å². The van der Waals surface area contributed by atoms with Crippen LogP contribution in [0.1, 0.15) is 24.0 Å². The highest BCUT2D eigenvalue weighted by Crippen LogP contribution is 2.20. The predicted molar refractivity (Wildman–Crippen MR) is 164 cm³/mol. The molecule has 0 spiro atoms. The van der Waals surface area contributed by atoms with E-state index in [1.165, 1.54) is 12.1 Å². The molecule has 2 aromatic rings. The molecular weight excluding hydrogens is 600 g/mol. The number of carbonyl (C=O) groups is 5. The Morgan fingerprint density at radius 3 is 2.11 bits per heavy atom. The number of rotatable bonds is 7. The van der Waals surface area contributed by atoms with Crippen molar-refractivity contribution in [1.82, 2.24) is 31.9 Å². The van der Waals surface area contributed by atoms with Crippen molar-refractivity contribution in [2.45, 2.75) is 55.6 Å². The summed E-state index contributed by atoms with van der Waals surface area (Å²) in [5.41, 5.74) is 6.92. The van der Waals surface area contributed by atoms with Crippen LogP contribution in [0.25, 0.3) is 0 Å². The second-order valence-corrected chi connectivity index (χ2v) is 11.1. The van der Waals surface area contributed by atoms with Gasteiger partial charge in [-0.3, -0.25) is 29.0 Å². The Morgan fingerprint density at radius 2 is 1.48 bits per heavy atom. The first-order valence-electron chi connectivity index (χ1n) is 14.6. The van der Waals surface area contributed by atoms with E-state index in [4.69, 9.17) is 5.73 Å². The van der Waals surface area contributed by atoms with E-state index in [1.807, 2.05) is 0 Å². The minimum absolute atomic E-state index is 0.00811. The van der Waals surface area contributed by atoms with Crippen LogP contribution >= 0.6 is 0 Å². The molecule has 0 aliphatic carbocycles. The molecular formula is C30H38N8O8. The largest absolute Gasteiger partial charge is 0.508 e. The monoisotopic (exact) mass is 638 g/mol. The highest BCUT2D eigenvalue weighted by molar-refractivity contribution is 5.97. The number of aliphatic imine (C=N–C) groups is 1. The summed E-state index contributed by atoms with van der Waals surface area (Å²) >= 11 is 0. The number of nitrogens with zero attached hydrogens (tertiary/aromatic N) is 1. The average Bonchev–Trinajstić information content (AvgIpc) is 3.49. The van der Waals surface area contributed by atoms with Crippen molar-refractivity contribution in [3.8, 4) is 5.75 Å². The van der Waals surface area contributed by atoms with E-state index in [2.05, 4.69) is 36.9 Å². The summed E-state index contributed by atoms with van der Waals surface area (Å²) in [6.45, 7) is 0.210. The second kappa shape index (κ2) is 15.2. The number of aliphatic hydroxyl groups is 2. The van der Waals surface area contributed by atoms with Gasteiger partial charge in [0, 0.05) is 12.3 Å². The molecule has 7 atom stereocenters. The second-order valence-electron chi connectivity index (χ2n) is 11.1. The van der Waals surface area contributed by atoms with Crippen LogP contribution in [0.2, 0.25) is 0 Å². The molecule has 46 heavy (non-hydrogen) atoms. The van der Waals surface area contributed by atoms with Crippen LogP contribution in [0.15, 0.2) is 59.6 Å². The smallest absolute Gasteiger partial charge is 0.246 e. The van der Waals surface area contributed by atoms with E-state index in [0.717, 1.165) is 0 Å². The average molecular weight is 639 g/mol. The SMILES string of the molecule is CC(c1ccccc1)[C@@H]1NC(=O)CNC(=O)[C@H](CO)NC(=O)[C@H](C(O)C2CN=C(N)N2)NC(=O)[C@H](Cc2ccc(O)cc2)NC1=O. The number of benzene rings is 2. The fourth-order valence-electron chi connectivity index (χ4n) is 5.14. The van der Waals surface area contributed by atoms with E-state index in [0.29, 0.717) is 11.1 Å². The van der Waals surface area contributed by atoms with Crippen LogP contribution in [0, 0.1) is 0 Å². The van der Waals surface area contributed by atoms with Crippen molar-refractivity contribution in [2.24, 2.45) is 10.7 Å². The van der Waals surface area contributed by atoms with E-state index < -0.39 is 84.9 Å². The first kappa shape index (κ1) is 33.7. The van der Waals surface area contributed by atoms with Gasteiger partial charge in [0.25, 0.3) is 0 Å². The van der Waals surface area contributed by atoms with Crippen molar-refractivity contribution in [3.63, 3.8) is 0 Å².